The lowest BCUT2D eigenvalue weighted by molar-refractivity contribution is 0.100. The monoisotopic (exact) mass is 387 g/mol. The van der Waals surface area contributed by atoms with Crippen molar-refractivity contribution >= 4 is 23.4 Å². The predicted molar refractivity (Wildman–Crippen MR) is 94.5 cm³/mol. The Morgan fingerprint density at radius 2 is 2.07 bits per heavy atom. The number of carbonyl (C=O) groups is 1. The summed E-state index contributed by atoms with van der Waals surface area (Å²) in [6.45, 7) is -0.147. The van der Waals surface area contributed by atoms with Gasteiger partial charge in [-0.3, -0.25) is 9.59 Å². The summed E-state index contributed by atoms with van der Waals surface area (Å²) in [5, 5.41) is 3.96. The Balaban J connectivity index is 1.92. The van der Waals surface area contributed by atoms with E-state index in [9.17, 15) is 22.8 Å². The average molecular weight is 387 g/mol. The van der Waals surface area contributed by atoms with Crippen LogP contribution in [0.4, 0.5) is 18.9 Å². The maximum Gasteiger partial charge on any atom is 0.253 e. The van der Waals surface area contributed by atoms with Gasteiger partial charge in [-0.25, -0.2) is 17.7 Å². The quantitative estimate of drug-likeness (QED) is 0.746. The van der Waals surface area contributed by atoms with Gasteiger partial charge in [-0.05, 0) is 24.3 Å². The highest BCUT2D eigenvalue weighted by atomic mass is 19.1. The number of nitrogens with two attached hydrogens (primary N) is 1. The van der Waals surface area contributed by atoms with Crippen LogP contribution in [-0.4, -0.2) is 34.5 Å². The molecular formula is C19H14F3N4O2. The molecule has 1 amide bonds. The number of aromatic nitrogens is 2. The lowest BCUT2D eigenvalue weighted by Crippen LogP contribution is -2.28. The summed E-state index contributed by atoms with van der Waals surface area (Å²) in [4.78, 5) is 24.9. The van der Waals surface area contributed by atoms with Crippen LogP contribution < -0.4 is 10.6 Å². The Hall–Kier alpha value is -3.36. The van der Waals surface area contributed by atoms with Gasteiger partial charge in [0.25, 0.3) is 5.91 Å². The van der Waals surface area contributed by atoms with Gasteiger partial charge in [0.05, 0.1) is 34.6 Å². The lowest BCUT2D eigenvalue weighted by atomic mass is 10.0. The van der Waals surface area contributed by atoms with Crippen molar-refractivity contribution in [1.82, 2.24) is 9.61 Å². The zero-order valence-corrected chi connectivity index (χ0v) is 14.4. The first-order valence-corrected chi connectivity index (χ1v) is 8.44. The Bertz CT molecular complexity index is 1100. The van der Waals surface area contributed by atoms with E-state index >= 15 is 0 Å². The maximum absolute atomic E-state index is 14.3. The van der Waals surface area contributed by atoms with E-state index in [2.05, 4.69) is 5.10 Å². The summed E-state index contributed by atoms with van der Waals surface area (Å²) >= 11 is 0. The lowest BCUT2D eigenvalue weighted by Gasteiger charge is -2.28. The van der Waals surface area contributed by atoms with Crippen molar-refractivity contribution in [3.8, 4) is 0 Å². The third-order valence-electron chi connectivity index (χ3n) is 4.89. The van der Waals surface area contributed by atoms with Gasteiger partial charge in [0.2, 0.25) is 6.29 Å². The number of nitrogens with zero attached hydrogens (tertiary/aromatic N) is 3. The van der Waals surface area contributed by atoms with E-state index in [0.717, 1.165) is 18.2 Å². The zero-order chi connectivity index (χ0) is 20.0. The minimum Gasteiger partial charge on any atom is -0.365 e. The van der Waals surface area contributed by atoms with Crippen LogP contribution in [0.5, 0.6) is 0 Å². The minimum absolute atomic E-state index is 0.0140. The molecule has 4 rings (SSSR count). The van der Waals surface area contributed by atoms with Crippen LogP contribution >= 0.6 is 0 Å². The second-order valence-electron chi connectivity index (χ2n) is 6.56. The number of fused-ring (bicyclic) bond motifs is 1. The van der Waals surface area contributed by atoms with E-state index in [0.29, 0.717) is 0 Å². The normalized spacial score (nSPS) is 19.3. The fraction of sp³-hybridized carbons (Fsp3) is 0.211. The smallest absolute Gasteiger partial charge is 0.253 e. The van der Waals surface area contributed by atoms with Gasteiger partial charge in [-0.15, -0.1) is 0 Å². The predicted octanol–water partition coefficient (Wildman–Crippen LogP) is 2.46. The SMILES string of the molecule is NC(=O)c1c(N2C[C@H](F)C[C@@H]2c2cc(F)ccc2F)ccn2ncc([C]=O)c12. The van der Waals surface area contributed by atoms with Gasteiger partial charge in [-0.2, -0.15) is 5.10 Å². The molecule has 9 heteroatoms. The van der Waals surface area contributed by atoms with Crippen LogP contribution in [0, 0.1) is 11.6 Å². The highest BCUT2D eigenvalue weighted by molar-refractivity contribution is 6.08. The Kier molecular flexibility index (Phi) is 4.29. The van der Waals surface area contributed by atoms with Crippen molar-refractivity contribution in [1.29, 1.82) is 0 Å². The molecule has 0 unspecified atom stereocenters. The summed E-state index contributed by atoms with van der Waals surface area (Å²) in [6.07, 6.45) is 2.97. The number of rotatable bonds is 4. The molecule has 0 saturated carbocycles. The molecule has 1 fully saturated rings. The number of anilines is 1. The number of halogens is 3. The molecule has 143 valence electrons. The number of primary amides is 1. The molecule has 1 aromatic carbocycles. The maximum atomic E-state index is 14.3. The van der Waals surface area contributed by atoms with Crippen molar-refractivity contribution in [2.75, 3.05) is 11.4 Å². The summed E-state index contributed by atoms with van der Waals surface area (Å²) in [5.74, 6) is -2.20. The van der Waals surface area contributed by atoms with Gasteiger partial charge in [0.15, 0.2) is 0 Å². The summed E-state index contributed by atoms with van der Waals surface area (Å²) in [5.41, 5.74) is 5.81. The number of hydrogen-bond acceptors (Lipinski definition) is 4. The van der Waals surface area contributed by atoms with Crippen LogP contribution in [0.2, 0.25) is 0 Å². The second-order valence-corrected chi connectivity index (χ2v) is 6.56. The molecule has 1 radical (unpaired) electrons. The number of amides is 1. The van der Waals surface area contributed by atoms with E-state index in [1.807, 2.05) is 0 Å². The van der Waals surface area contributed by atoms with Crippen LogP contribution in [0.25, 0.3) is 5.52 Å². The van der Waals surface area contributed by atoms with Crippen molar-refractivity contribution < 1.29 is 22.8 Å². The van der Waals surface area contributed by atoms with E-state index in [1.165, 1.54) is 27.9 Å². The van der Waals surface area contributed by atoms with Gasteiger partial charge in [0.1, 0.15) is 17.8 Å². The molecule has 2 atom stereocenters. The van der Waals surface area contributed by atoms with E-state index in [1.54, 1.807) is 6.29 Å². The summed E-state index contributed by atoms with van der Waals surface area (Å²) in [7, 11) is 0. The molecule has 0 bridgehead atoms. The first-order chi connectivity index (χ1) is 13.4. The molecule has 1 saturated heterocycles. The molecule has 3 heterocycles. The molecule has 2 aromatic heterocycles. The van der Waals surface area contributed by atoms with E-state index in [4.69, 9.17) is 5.73 Å². The van der Waals surface area contributed by atoms with E-state index < -0.39 is 29.8 Å². The average Bonchev–Trinajstić information content (AvgIpc) is 3.25. The highest BCUT2D eigenvalue weighted by Crippen LogP contribution is 2.41. The number of alkyl halides is 1. The number of hydrogen-bond donors (Lipinski definition) is 1. The van der Waals surface area contributed by atoms with Gasteiger partial charge >= 0.3 is 0 Å². The first-order valence-electron chi connectivity index (χ1n) is 8.44. The molecule has 3 aromatic rings. The zero-order valence-electron chi connectivity index (χ0n) is 14.4. The minimum atomic E-state index is -1.33. The fourth-order valence-corrected chi connectivity index (χ4v) is 3.74. The topological polar surface area (TPSA) is 80.7 Å². The molecular weight excluding hydrogens is 373 g/mol. The number of carbonyl (C=O) groups excluding carboxylic acids is 2. The van der Waals surface area contributed by atoms with Crippen LogP contribution in [0.15, 0.2) is 36.7 Å². The fourth-order valence-electron chi connectivity index (χ4n) is 3.74. The van der Waals surface area contributed by atoms with Crippen molar-refractivity contribution in [2.24, 2.45) is 5.73 Å². The third-order valence-corrected chi connectivity index (χ3v) is 4.89. The Morgan fingerprint density at radius 1 is 1.29 bits per heavy atom. The van der Waals surface area contributed by atoms with Crippen LogP contribution in [-0.2, 0) is 4.79 Å². The Morgan fingerprint density at radius 3 is 2.79 bits per heavy atom. The highest BCUT2D eigenvalue weighted by Gasteiger charge is 2.37. The summed E-state index contributed by atoms with van der Waals surface area (Å²) < 4.78 is 43.6. The molecule has 0 aliphatic carbocycles. The Labute approximate surface area is 157 Å². The molecule has 28 heavy (non-hydrogen) atoms. The summed E-state index contributed by atoms with van der Waals surface area (Å²) in [6, 6.07) is 3.60. The van der Waals surface area contributed by atoms with E-state index in [-0.39, 0.29) is 40.9 Å². The largest absolute Gasteiger partial charge is 0.365 e. The molecule has 0 spiro atoms. The second kappa shape index (κ2) is 6.66. The first kappa shape index (κ1) is 18.0. The van der Waals surface area contributed by atoms with Crippen molar-refractivity contribution in [3.63, 3.8) is 0 Å². The van der Waals surface area contributed by atoms with Crippen molar-refractivity contribution in [3.05, 3.63) is 65.0 Å². The van der Waals surface area contributed by atoms with Crippen LogP contribution in [0.3, 0.4) is 0 Å². The van der Waals surface area contributed by atoms with Crippen molar-refractivity contribution in [2.45, 2.75) is 18.6 Å². The number of benzene rings is 1. The molecule has 2 N–H and O–H groups in total. The molecule has 6 nitrogen and oxygen atoms in total. The van der Waals surface area contributed by atoms with Crippen LogP contribution in [0.1, 0.15) is 33.9 Å². The van der Waals surface area contributed by atoms with Gasteiger partial charge in [0, 0.05) is 24.7 Å². The van der Waals surface area contributed by atoms with Gasteiger partial charge in [-0.1, -0.05) is 0 Å². The third kappa shape index (κ3) is 2.79. The number of pyridine rings is 1. The van der Waals surface area contributed by atoms with Gasteiger partial charge < -0.3 is 10.6 Å². The molecule has 1 aliphatic rings. The standard InChI is InChI=1S/C19H14F3N4O2/c20-11-1-2-14(22)13(5-11)16-6-12(21)8-25(16)15-3-4-26-18(17(15)19(23)28)10(9-27)7-24-26/h1-5,7,12,16H,6,8H2,(H2,23,28)/t12-,16-/m1/s1. The molecule has 1 aliphatic heterocycles.